The predicted molar refractivity (Wildman–Crippen MR) is 125 cm³/mol. The molecule has 0 spiro atoms. The zero-order chi connectivity index (χ0) is 22.1. The van der Waals surface area contributed by atoms with E-state index in [1.807, 2.05) is 43.3 Å². The number of carbonyl (C=O) groups excluding carboxylic acids is 2. The van der Waals surface area contributed by atoms with Gasteiger partial charge in [-0.25, -0.2) is 4.79 Å². The van der Waals surface area contributed by atoms with Gasteiger partial charge in [0.2, 0.25) is 0 Å². The van der Waals surface area contributed by atoms with Crippen LogP contribution in [0.1, 0.15) is 11.1 Å². The van der Waals surface area contributed by atoms with Crippen molar-refractivity contribution in [3.05, 3.63) is 77.9 Å². The van der Waals surface area contributed by atoms with Gasteiger partial charge in [-0.15, -0.1) is 11.8 Å². The number of hydrogen-bond acceptors (Lipinski definition) is 5. The fraction of sp³-hybridized carbons (Fsp3) is 0.200. The number of nitrogens with one attached hydrogen (secondary N) is 1. The van der Waals surface area contributed by atoms with Gasteiger partial charge in [-0.3, -0.25) is 4.79 Å². The predicted octanol–water partition coefficient (Wildman–Crippen LogP) is 4.62. The highest BCUT2D eigenvalue weighted by molar-refractivity contribution is 7.99. The van der Waals surface area contributed by atoms with Gasteiger partial charge in [-0.1, -0.05) is 35.9 Å². The molecule has 5 nitrogen and oxygen atoms in total. The van der Waals surface area contributed by atoms with Crippen LogP contribution in [0.25, 0.3) is 16.8 Å². The standard InChI is InChI=1S/C25H25NO4S/c1-18-3-10-23(11-4-18)31-14-13-26-24(27)17-30-25(28)12-6-19-5-7-21-16-22(29-2)9-8-20(21)15-19/h3-12,15-16H,13-14,17H2,1-2H3,(H,26,27)/b12-6+. The molecule has 0 atom stereocenters. The molecule has 0 saturated heterocycles. The summed E-state index contributed by atoms with van der Waals surface area (Å²) >= 11 is 1.66. The molecule has 0 radical (unpaired) electrons. The van der Waals surface area contributed by atoms with E-state index in [1.54, 1.807) is 24.9 Å². The Bertz CT molecular complexity index is 1080. The summed E-state index contributed by atoms with van der Waals surface area (Å²) in [5, 5.41) is 4.84. The Morgan fingerprint density at radius 1 is 1.00 bits per heavy atom. The fourth-order valence-electron chi connectivity index (χ4n) is 2.87. The molecule has 3 aromatic carbocycles. The fourth-order valence-corrected chi connectivity index (χ4v) is 3.64. The first-order valence-corrected chi connectivity index (χ1v) is 10.9. The van der Waals surface area contributed by atoms with E-state index in [0.29, 0.717) is 6.54 Å². The third kappa shape index (κ3) is 7.19. The summed E-state index contributed by atoms with van der Waals surface area (Å²) in [5.41, 5.74) is 2.09. The number of fused-ring (bicyclic) bond motifs is 1. The Kier molecular flexibility index (Phi) is 8.12. The highest BCUT2D eigenvalue weighted by Gasteiger charge is 2.05. The van der Waals surface area contributed by atoms with Crippen LogP contribution in [0.3, 0.4) is 0 Å². The second kappa shape index (κ2) is 11.2. The molecule has 0 aliphatic heterocycles. The van der Waals surface area contributed by atoms with Crippen LogP contribution >= 0.6 is 11.8 Å². The molecule has 0 aromatic heterocycles. The van der Waals surface area contributed by atoms with E-state index in [-0.39, 0.29) is 12.5 Å². The van der Waals surface area contributed by atoms with E-state index in [0.717, 1.165) is 32.7 Å². The van der Waals surface area contributed by atoms with Crippen molar-refractivity contribution in [1.82, 2.24) is 5.32 Å². The highest BCUT2D eigenvalue weighted by atomic mass is 32.2. The van der Waals surface area contributed by atoms with Crippen LogP contribution in [0.4, 0.5) is 0 Å². The third-order valence-electron chi connectivity index (χ3n) is 4.54. The van der Waals surface area contributed by atoms with Crippen LogP contribution in [0, 0.1) is 6.92 Å². The van der Waals surface area contributed by atoms with E-state index < -0.39 is 5.97 Å². The van der Waals surface area contributed by atoms with Crippen molar-refractivity contribution in [3.8, 4) is 5.75 Å². The topological polar surface area (TPSA) is 64.6 Å². The number of carbonyl (C=O) groups is 2. The van der Waals surface area contributed by atoms with E-state index in [4.69, 9.17) is 9.47 Å². The molecule has 0 heterocycles. The number of hydrogen-bond donors (Lipinski definition) is 1. The Balaban J connectivity index is 1.38. The summed E-state index contributed by atoms with van der Waals surface area (Å²) in [5.74, 6) is 0.674. The monoisotopic (exact) mass is 435 g/mol. The quantitative estimate of drug-likeness (QED) is 0.230. The number of esters is 1. The number of aryl methyl sites for hydroxylation is 1. The number of benzene rings is 3. The molecular formula is C25H25NO4S. The van der Waals surface area contributed by atoms with Crippen LogP contribution in [-0.4, -0.2) is 37.9 Å². The smallest absolute Gasteiger partial charge is 0.331 e. The van der Waals surface area contributed by atoms with E-state index >= 15 is 0 Å². The summed E-state index contributed by atoms with van der Waals surface area (Å²) in [6, 6.07) is 19.9. The molecule has 0 bridgehead atoms. The average Bonchev–Trinajstić information content (AvgIpc) is 2.79. The molecule has 1 N–H and O–H groups in total. The first-order valence-electron chi connectivity index (χ1n) is 9.92. The van der Waals surface area contributed by atoms with Gasteiger partial charge in [0.15, 0.2) is 6.61 Å². The van der Waals surface area contributed by atoms with Crippen molar-refractivity contribution in [2.75, 3.05) is 26.0 Å². The molecule has 160 valence electrons. The van der Waals surface area contributed by atoms with Crippen LogP contribution < -0.4 is 10.1 Å². The zero-order valence-corrected chi connectivity index (χ0v) is 18.4. The first-order chi connectivity index (χ1) is 15.0. The lowest BCUT2D eigenvalue weighted by Crippen LogP contribution is -2.30. The van der Waals surface area contributed by atoms with Crippen LogP contribution in [-0.2, 0) is 14.3 Å². The van der Waals surface area contributed by atoms with Crippen molar-refractivity contribution in [1.29, 1.82) is 0 Å². The van der Waals surface area contributed by atoms with Crippen molar-refractivity contribution in [2.45, 2.75) is 11.8 Å². The maximum atomic E-state index is 11.9. The van der Waals surface area contributed by atoms with Gasteiger partial charge >= 0.3 is 5.97 Å². The molecule has 1 amide bonds. The lowest BCUT2D eigenvalue weighted by Gasteiger charge is -2.06. The molecular weight excluding hydrogens is 410 g/mol. The Hall–Kier alpha value is -3.25. The molecule has 3 rings (SSSR count). The third-order valence-corrected chi connectivity index (χ3v) is 5.56. The van der Waals surface area contributed by atoms with Crippen molar-refractivity contribution in [3.63, 3.8) is 0 Å². The van der Waals surface area contributed by atoms with E-state index in [9.17, 15) is 9.59 Å². The first kappa shape index (κ1) is 22.4. The maximum Gasteiger partial charge on any atom is 0.331 e. The number of rotatable bonds is 9. The van der Waals surface area contributed by atoms with Gasteiger partial charge in [-0.2, -0.15) is 0 Å². The SMILES string of the molecule is COc1ccc2cc(/C=C/C(=O)OCC(=O)NCCSc3ccc(C)cc3)ccc2c1. The van der Waals surface area contributed by atoms with Crippen molar-refractivity contribution in [2.24, 2.45) is 0 Å². The van der Waals surface area contributed by atoms with E-state index in [2.05, 4.69) is 29.6 Å². The molecule has 3 aromatic rings. The van der Waals surface area contributed by atoms with Gasteiger partial charge in [0.05, 0.1) is 7.11 Å². The molecule has 0 fully saturated rings. The van der Waals surface area contributed by atoms with Gasteiger partial charge < -0.3 is 14.8 Å². The molecule has 0 unspecified atom stereocenters. The number of amides is 1. The second-order valence-electron chi connectivity index (χ2n) is 6.93. The lowest BCUT2D eigenvalue weighted by atomic mass is 10.1. The Labute approximate surface area is 186 Å². The minimum atomic E-state index is -0.556. The van der Waals surface area contributed by atoms with Gasteiger partial charge in [-0.05, 0) is 59.7 Å². The molecule has 0 saturated carbocycles. The number of methoxy groups -OCH3 is 1. The molecule has 31 heavy (non-hydrogen) atoms. The summed E-state index contributed by atoms with van der Waals surface area (Å²) in [7, 11) is 1.63. The van der Waals surface area contributed by atoms with Gasteiger partial charge in [0.25, 0.3) is 5.91 Å². The minimum absolute atomic E-state index is 0.296. The second-order valence-corrected chi connectivity index (χ2v) is 8.09. The Morgan fingerprint density at radius 2 is 1.74 bits per heavy atom. The normalized spacial score (nSPS) is 10.9. The Morgan fingerprint density at radius 3 is 2.52 bits per heavy atom. The number of ether oxygens (including phenoxy) is 2. The van der Waals surface area contributed by atoms with Crippen LogP contribution in [0.5, 0.6) is 5.75 Å². The lowest BCUT2D eigenvalue weighted by molar-refractivity contribution is -0.143. The number of thioether (sulfide) groups is 1. The largest absolute Gasteiger partial charge is 0.497 e. The highest BCUT2D eigenvalue weighted by Crippen LogP contribution is 2.22. The summed E-state index contributed by atoms with van der Waals surface area (Å²) in [4.78, 5) is 24.9. The summed E-state index contributed by atoms with van der Waals surface area (Å²) in [6.07, 6.45) is 2.99. The maximum absolute atomic E-state index is 11.9. The van der Waals surface area contributed by atoms with Gasteiger partial charge in [0.1, 0.15) is 5.75 Å². The van der Waals surface area contributed by atoms with Crippen LogP contribution in [0.15, 0.2) is 71.6 Å². The van der Waals surface area contributed by atoms with Crippen molar-refractivity contribution < 1.29 is 19.1 Å². The minimum Gasteiger partial charge on any atom is -0.497 e. The molecule has 6 heteroatoms. The summed E-state index contributed by atoms with van der Waals surface area (Å²) < 4.78 is 10.2. The summed E-state index contributed by atoms with van der Waals surface area (Å²) in [6.45, 7) is 2.26. The van der Waals surface area contributed by atoms with Gasteiger partial charge in [0, 0.05) is 23.3 Å². The zero-order valence-electron chi connectivity index (χ0n) is 17.6. The van der Waals surface area contributed by atoms with Crippen molar-refractivity contribution >= 4 is 40.5 Å². The molecule has 0 aliphatic carbocycles. The average molecular weight is 436 g/mol. The molecule has 0 aliphatic rings. The van der Waals surface area contributed by atoms with E-state index in [1.165, 1.54) is 11.6 Å². The van der Waals surface area contributed by atoms with Crippen LogP contribution in [0.2, 0.25) is 0 Å².